The summed E-state index contributed by atoms with van der Waals surface area (Å²) in [7, 11) is 0. The number of nitrogens with two attached hydrogens (primary N) is 2. The summed E-state index contributed by atoms with van der Waals surface area (Å²) in [6.45, 7) is 0. The van der Waals surface area contributed by atoms with Crippen LogP contribution in [0.15, 0.2) is 18.2 Å². The van der Waals surface area contributed by atoms with Gasteiger partial charge in [-0.05, 0) is 42.5 Å². The van der Waals surface area contributed by atoms with E-state index in [-0.39, 0.29) is 18.8 Å². The fourth-order valence-electron chi connectivity index (χ4n) is 2.30. The zero-order valence-corrected chi connectivity index (χ0v) is 9.05. The maximum Gasteiger partial charge on any atom is 0.248 e. The number of hydrogen-bond acceptors (Lipinski definition) is 2. The van der Waals surface area contributed by atoms with Crippen molar-refractivity contribution in [1.29, 1.82) is 0 Å². The Morgan fingerprint density at radius 2 is 1.75 bits per heavy atom. The Labute approximate surface area is 93.6 Å². The first-order valence-electron chi connectivity index (χ1n) is 5.51. The van der Waals surface area contributed by atoms with Gasteiger partial charge in [0.25, 0.3) is 0 Å². The molecule has 1 saturated carbocycles. The van der Waals surface area contributed by atoms with Gasteiger partial charge in [-0.1, -0.05) is 0 Å². The molecular formula is C12H16F2N2. The van der Waals surface area contributed by atoms with Gasteiger partial charge in [-0.3, -0.25) is 0 Å². The van der Waals surface area contributed by atoms with Crippen molar-refractivity contribution in [2.45, 2.75) is 37.5 Å². The van der Waals surface area contributed by atoms with E-state index < -0.39 is 5.92 Å². The molecular weight excluding hydrogens is 210 g/mol. The minimum absolute atomic E-state index is 0.0497. The van der Waals surface area contributed by atoms with Gasteiger partial charge in [-0.2, -0.15) is 0 Å². The molecule has 0 unspecified atom stereocenters. The summed E-state index contributed by atoms with van der Waals surface area (Å²) in [5, 5.41) is 0. The van der Waals surface area contributed by atoms with Crippen molar-refractivity contribution in [3.8, 4) is 0 Å². The first-order chi connectivity index (χ1) is 7.48. The molecule has 0 radical (unpaired) electrons. The lowest BCUT2D eigenvalue weighted by Crippen LogP contribution is -2.24. The molecule has 0 aliphatic heterocycles. The van der Waals surface area contributed by atoms with Crippen molar-refractivity contribution in [2.24, 2.45) is 0 Å². The van der Waals surface area contributed by atoms with Crippen LogP contribution in [0.1, 0.15) is 37.2 Å². The van der Waals surface area contributed by atoms with Crippen molar-refractivity contribution < 1.29 is 8.78 Å². The van der Waals surface area contributed by atoms with Crippen LogP contribution in [0.25, 0.3) is 0 Å². The maximum absolute atomic E-state index is 13.0. The van der Waals surface area contributed by atoms with Gasteiger partial charge in [0, 0.05) is 24.2 Å². The van der Waals surface area contributed by atoms with Gasteiger partial charge in [0.05, 0.1) is 0 Å². The lowest BCUT2D eigenvalue weighted by atomic mass is 9.81. The number of hydrogen-bond donors (Lipinski definition) is 2. The van der Waals surface area contributed by atoms with Crippen LogP contribution < -0.4 is 11.5 Å². The van der Waals surface area contributed by atoms with Gasteiger partial charge in [0.15, 0.2) is 0 Å². The zero-order chi connectivity index (χ0) is 11.8. The van der Waals surface area contributed by atoms with Crippen molar-refractivity contribution in [3.63, 3.8) is 0 Å². The third-order valence-corrected chi connectivity index (χ3v) is 3.27. The summed E-state index contributed by atoms with van der Waals surface area (Å²) < 4.78 is 26.0. The normalized spacial score (nSPS) is 20.9. The molecule has 0 bridgehead atoms. The van der Waals surface area contributed by atoms with E-state index in [4.69, 9.17) is 11.5 Å². The van der Waals surface area contributed by atoms with Gasteiger partial charge in [-0.25, -0.2) is 8.78 Å². The molecule has 1 aromatic rings. The second-order valence-corrected chi connectivity index (χ2v) is 4.52. The molecule has 1 aliphatic carbocycles. The molecule has 1 aromatic carbocycles. The third-order valence-electron chi connectivity index (χ3n) is 3.27. The first kappa shape index (κ1) is 11.2. The SMILES string of the molecule is Nc1ccc(N)c(C2CCC(F)(F)CC2)c1. The molecule has 0 aromatic heterocycles. The van der Waals surface area contributed by atoms with Gasteiger partial charge in [0.1, 0.15) is 0 Å². The average molecular weight is 226 g/mol. The van der Waals surface area contributed by atoms with Crippen molar-refractivity contribution in [1.82, 2.24) is 0 Å². The summed E-state index contributed by atoms with van der Waals surface area (Å²) in [5.74, 6) is -2.37. The lowest BCUT2D eigenvalue weighted by molar-refractivity contribution is -0.0381. The number of anilines is 2. The number of nitrogen functional groups attached to an aromatic ring is 2. The zero-order valence-electron chi connectivity index (χ0n) is 9.05. The Morgan fingerprint density at radius 1 is 1.12 bits per heavy atom. The van der Waals surface area contributed by atoms with Crippen LogP contribution in [-0.2, 0) is 0 Å². The van der Waals surface area contributed by atoms with E-state index in [1.807, 2.05) is 6.07 Å². The van der Waals surface area contributed by atoms with E-state index in [1.165, 1.54) is 0 Å². The van der Waals surface area contributed by atoms with Gasteiger partial charge in [-0.15, -0.1) is 0 Å². The molecule has 4 N–H and O–H groups in total. The van der Waals surface area contributed by atoms with Crippen LogP contribution >= 0.6 is 0 Å². The predicted octanol–water partition coefficient (Wildman–Crippen LogP) is 3.14. The van der Waals surface area contributed by atoms with Crippen LogP contribution in [-0.4, -0.2) is 5.92 Å². The average Bonchev–Trinajstić information content (AvgIpc) is 2.22. The molecule has 1 fully saturated rings. The van der Waals surface area contributed by atoms with E-state index in [0.29, 0.717) is 24.2 Å². The molecule has 88 valence electrons. The number of rotatable bonds is 1. The molecule has 2 nitrogen and oxygen atoms in total. The highest BCUT2D eigenvalue weighted by Gasteiger charge is 2.35. The second-order valence-electron chi connectivity index (χ2n) is 4.52. The Kier molecular flexibility index (Phi) is 2.74. The van der Waals surface area contributed by atoms with E-state index >= 15 is 0 Å². The second kappa shape index (κ2) is 3.92. The fraction of sp³-hybridized carbons (Fsp3) is 0.500. The highest BCUT2D eigenvalue weighted by molar-refractivity contribution is 5.56. The lowest BCUT2D eigenvalue weighted by Gasteiger charge is -2.29. The summed E-state index contributed by atoms with van der Waals surface area (Å²) in [6, 6.07) is 5.29. The number of alkyl halides is 2. The molecule has 4 heteroatoms. The van der Waals surface area contributed by atoms with Gasteiger partial charge >= 0.3 is 0 Å². The van der Waals surface area contributed by atoms with Crippen LogP contribution in [0.3, 0.4) is 0 Å². The summed E-state index contributed by atoms with van der Waals surface area (Å²) >= 11 is 0. The van der Waals surface area contributed by atoms with Crippen LogP contribution in [0, 0.1) is 0 Å². The molecule has 0 atom stereocenters. The Bertz CT molecular complexity index is 381. The quantitative estimate of drug-likeness (QED) is 0.723. The van der Waals surface area contributed by atoms with Crippen molar-refractivity contribution in [2.75, 3.05) is 11.5 Å². The molecule has 0 heterocycles. The fourth-order valence-corrected chi connectivity index (χ4v) is 2.30. The predicted molar refractivity (Wildman–Crippen MR) is 61.4 cm³/mol. The van der Waals surface area contributed by atoms with Crippen molar-refractivity contribution in [3.05, 3.63) is 23.8 Å². The summed E-state index contributed by atoms with van der Waals surface area (Å²) in [5.41, 5.74) is 13.8. The monoisotopic (exact) mass is 226 g/mol. The number of halogens is 2. The minimum Gasteiger partial charge on any atom is -0.399 e. The standard InChI is InChI=1S/C12H16F2N2/c13-12(14)5-3-8(4-6-12)10-7-9(15)1-2-11(10)16/h1-2,7-8H,3-6,15-16H2. The molecule has 2 rings (SSSR count). The molecule has 1 aliphatic rings. The maximum atomic E-state index is 13.0. The molecule has 0 saturated heterocycles. The summed E-state index contributed by atoms with van der Waals surface area (Å²) in [4.78, 5) is 0. The largest absolute Gasteiger partial charge is 0.399 e. The van der Waals surface area contributed by atoms with E-state index in [0.717, 1.165) is 5.56 Å². The Morgan fingerprint density at radius 3 is 2.38 bits per heavy atom. The van der Waals surface area contributed by atoms with Crippen LogP contribution in [0.4, 0.5) is 20.2 Å². The molecule has 0 amide bonds. The van der Waals surface area contributed by atoms with Crippen LogP contribution in [0.2, 0.25) is 0 Å². The van der Waals surface area contributed by atoms with E-state index in [1.54, 1.807) is 12.1 Å². The minimum atomic E-state index is -2.49. The van der Waals surface area contributed by atoms with Gasteiger partial charge in [0.2, 0.25) is 5.92 Å². The first-order valence-corrected chi connectivity index (χ1v) is 5.51. The summed E-state index contributed by atoms with van der Waals surface area (Å²) in [6.07, 6.45) is 0.874. The topological polar surface area (TPSA) is 52.0 Å². The third kappa shape index (κ3) is 2.26. The highest BCUT2D eigenvalue weighted by Crippen LogP contribution is 2.42. The van der Waals surface area contributed by atoms with E-state index in [9.17, 15) is 8.78 Å². The number of benzene rings is 1. The van der Waals surface area contributed by atoms with E-state index in [2.05, 4.69) is 0 Å². The Balaban J connectivity index is 2.17. The van der Waals surface area contributed by atoms with Crippen molar-refractivity contribution >= 4 is 11.4 Å². The highest BCUT2D eigenvalue weighted by atomic mass is 19.3. The van der Waals surface area contributed by atoms with Crippen LogP contribution in [0.5, 0.6) is 0 Å². The smallest absolute Gasteiger partial charge is 0.248 e. The molecule has 16 heavy (non-hydrogen) atoms. The molecule has 0 spiro atoms. The van der Waals surface area contributed by atoms with Gasteiger partial charge < -0.3 is 11.5 Å². The Hall–Kier alpha value is -1.32.